The highest BCUT2D eigenvalue weighted by molar-refractivity contribution is 4.91. The van der Waals surface area contributed by atoms with Crippen molar-refractivity contribution in [3.63, 3.8) is 0 Å². The molecule has 0 saturated heterocycles. The summed E-state index contributed by atoms with van der Waals surface area (Å²) in [5.41, 5.74) is 0. The zero-order chi connectivity index (χ0) is 9.94. The second kappa shape index (κ2) is 3.81. The molecule has 3 nitrogen and oxygen atoms in total. The molecule has 0 fully saturated rings. The molecule has 0 spiro atoms. The van der Waals surface area contributed by atoms with Crippen LogP contribution < -0.4 is 0 Å². The molecule has 0 aliphatic rings. The average molecular weight is 172 g/mol. The Hall–Kier alpha value is -0.700. The van der Waals surface area contributed by atoms with Crippen molar-refractivity contribution in [2.45, 2.75) is 0 Å². The topological polar surface area (TPSA) is 6.48 Å². The minimum atomic E-state index is 0.839. The number of quaternary nitrogens is 1. The maximum absolute atomic E-state index is 2.21. The molecule has 72 valence electrons. The molecule has 0 aromatic carbocycles. The minimum Gasteiger partial charge on any atom is -0.360 e. The highest BCUT2D eigenvalue weighted by Crippen LogP contribution is 2.05. The quantitative estimate of drug-likeness (QED) is 0.576. The van der Waals surface area contributed by atoms with Crippen LogP contribution in [0.3, 0.4) is 0 Å². The SMILES string of the molecule is CN(C)C(=C[N+](C)(C)C)N(C)C. The Morgan fingerprint density at radius 1 is 0.917 bits per heavy atom. The first-order chi connectivity index (χ1) is 5.24. The van der Waals surface area contributed by atoms with Crippen molar-refractivity contribution in [3.05, 3.63) is 12.0 Å². The van der Waals surface area contributed by atoms with Crippen LogP contribution in [0.2, 0.25) is 0 Å². The third-order valence-corrected chi connectivity index (χ3v) is 1.42. The lowest BCUT2D eigenvalue weighted by Crippen LogP contribution is -2.33. The van der Waals surface area contributed by atoms with Gasteiger partial charge in [0.15, 0.2) is 5.82 Å². The van der Waals surface area contributed by atoms with Gasteiger partial charge in [0.05, 0.1) is 21.1 Å². The molecule has 0 unspecified atom stereocenters. The van der Waals surface area contributed by atoms with Gasteiger partial charge in [-0.05, 0) is 0 Å². The van der Waals surface area contributed by atoms with E-state index in [0.29, 0.717) is 0 Å². The first-order valence-electron chi connectivity index (χ1n) is 4.12. The summed E-state index contributed by atoms with van der Waals surface area (Å²) in [4.78, 5) is 4.23. The molecule has 0 amide bonds. The Kier molecular flexibility index (Phi) is 3.58. The smallest absolute Gasteiger partial charge is 0.158 e. The van der Waals surface area contributed by atoms with Crippen molar-refractivity contribution >= 4 is 0 Å². The van der Waals surface area contributed by atoms with Gasteiger partial charge in [-0.15, -0.1) is 0 Å². The van der Waals surface area contributed by atoms with E-state index in [0.717, 1.165) is 4.48 Å². The summed E-state index contributed by atoms with van der Waals surface area (Å²) >= 11 is 0. The summed E-state index contributed by atoms with van der Waals surface area (Å²) in [6, 6.07) is 0. The zero-order valence-electron chi connectivity index (χ0n) is 9.42. The second-order valence-corrected chi connectivity index (χ2v) is 4.39. The first kappa shape index (κ1) is 11.3. The summed E-state index contributed by atoms with van der Waals surface area (Å²) in [5.74, 6) is 1.22. The van der Waals surface area contributed by atoms with Crippen molar-refractivity contribution in [2.24, 2.45) is 0 Å². The molecule has 0 rings (SSSR count). The van der Waals surface area contributed by atoms with Crippen molar-refractivity contribution in [3.8, 4) is 0 Å². The Bertz CT molecular complexity index is 153. The lowest BCUT2D eigenvalue weighted by atomic mass is 10.5. The van der Waals surface area contributed by atoms with E-state index in [1.54, 1.807) is 0 Å². The Morgan fingerprint density at radius 2 is 1.25 bits per heavy atom. The molecule has 0 aliphatic heterocycles. The third-order valence-electron chi connectivity index (χ3n) is 1.42. The van der Waals surface area contributed by atoms with Crippen LogP contribution in [-0.2, 0) is 0 Å². The molecule has 0 aliphatic carbocycles. The van der Waals surface area contributed by atoms with E-state index < -0.39 is 0 Å². The fraction of sp³-hybridized carbons (Fsp3) is 0.778. The Labute approximate surface area is 76.5 Å². The van der Waals surface area contributed by atoms with Crippen LogP contribution in [-0.4, -0.2) is 63.6 Å². The molecule has 0 saturated carbocycles. The van der Waals surface area contributed by atoms with Gasteiger partial charge >= 0.3 is 0 Å². The Balaban J connectivity index is 4.63. The summed E-state index contributed by atoms with van der Waals surface area (Å²) in [6.45, 7) is 0. The number of nitrogens with zero attached hydrogens (tertiary/aromatic N) is 3. The Morgan fingerprint density at radius 3 is 1.33 bits per heavy atom. The van der Waals surface area contributed by atoms with E-state index in [4.69, 9.17) is 0 Å². The molecule has 3 heteroatoms. The summed E-state index contributed by atoms with van der Waals surface area (Å²) in [6.07, 6.45) is 2.21. The molecule has 0 aromatic rings. The lowest BCUT2D eigenvalue weighted by Gasteiger charge is -2.27. The zero-order valence-corrected chi connectivity index (χ0v) is 9.42. The maximum atomic E-state index is 2.21. The number of hydrogen-bond donors (Lipinski definition) is 0. The highest BCUT2D eigenvalue weighted by Gasteiger charge is 2.10. The van der Waals surface area contributed by atoms with Crippen LogP contribution in [0.1, 0.15) is 0 Å². The van der Waals surface area contributed by atoms with Gasteiger partial charge in [-0.3, -0.25) is 0 Å². The van der Waals surface area contributed by atoms with Crippen molar-refractivity contribution in [2.75, 3.05) is 49.3 Å². The maximum Gasteiger partial charge on any atom is 0.158 e. The van der Waals surface area contributed by atoms with Crippen molar-refractivity contribution < 1.29 is 4.48 Å². The highest BCUT2D eigenvalue weighted by atomic mass is 15.3. The molecule has 0 atom stereocenters. The summed E-state index contributed by atoms with van der Waals surface area (Å²) in [7, 11) is 14.7. The molecule has 0 aromatic heterocycles. The van der Waals surface area contributed by atoms with E-state index in [2.05, 4.69) is 65.3 Å². The van der Waals surface area contributed by atoms with E-state index in [9.17, 15) is 0 Å². The predicted molar refractivity (Wildman–Crippen MR) is 53.5 cm³/mol. The van der Waals surface area contributed by atoms with E-state index in [-0.39, 0.29) is 0 Å². The van der Waals surface area contributed by atoms with E-state index >= 15 is 0 Å². The monoisotopic (exact) mass is 172 g/mol. The van der Waals surface area contributed by atoms with Crippen LogP contribution in [0.5, 0.6) is 0 Å². The lowest BCUT2D eigenvalue weighted by molar-refractivity contribution is -0.818. The fourth-order valence-electron chi connectivity index (χ4n) is 0.977. The summed E-state index contributed by atoms with van der Waals surface area (Å²) < 4.78 is 0.839. The van der Waals surface area contributed by atoms with Crippen LogP contribution in [0.4, 0.5) is 0 Å². The molecular formula is C9H22N3+. The van der Waals surface area contributed by atoms with Gasteiger partial charge in [-0.25, -0.2) is 0 Å². The first-order valence-corrected chi connectivity index (χ1v) is 4.12. The van der Waals surface area contributed by atoms with Crippen LogP contribution in [0, 0.1) is 0 Å². The number of rotatable bonds is 3. The van der Waals surface area contributed by atoms with Gasteiger partial charge in [0.25, 0.3) is 0 Å². The molecule has 0 heterocycles. The largest absolute Gasteiger partial charge is 0.360 e. The summed E-state index contributed by atoms with van der Waals surface area (Å²) in [5, 5.41) is 0. The van der Waals surface area contributed by atoms with Crippen molar-refractivity contribution in [1.82, 2.24) is 9.80 Å². The van der Waals surface area contributed by atoms with Gasteiger partial charge < -0.3 is 14.3 Å². The van der Waals surface area contributed by atoms with Crippen LogP contribution in [0.15, 0.2) is 12.0 Å². The van der Waals surface area contributed by atoms with Crippen molar-refractivity contribution in [1.29, 1.82) is 0 Å². The second-order valence-electron chi connectivity index (χ2n) is 4.39. The third kappa shape index (κ3) is 4.23. The standard InChI is InChI=1S/C9H22N3/c1-10(2)9(11(3)4)8-12(5,6)7/h8H,1-7H3/q+1. The van der Waals surface area contributed by atoms with Gasteiger partial charge in [-0.2, -0.15) is 0 Å². The van der Waals surface area contributed by atoms with E-state index in [1.165, 1.54) is 5.82 Å². The average Bonchev–Trinajstić information content (AvgIpc) is 1.79. The fourth-order valence-corrected chi connectivity index (χ4v) is 0.977. The van der Waals surface area contributed by atoms with Crippen LogP contribution >= 0.6 is 0 Å². The van der Waals surface area contributed by atoms with Gasteiger partial charge in [0.1, 0.15) is 6.20 Å². The van der Waals surface area contributed by atoms with Crippen LogP contribution in [0.25, 0.3) is 0 Å². The van der Waals surface area contributed by atoms with Gasteiger partial charge in [0.2, 0.25) is 0 Å². The molecule has 0 bridgehead atoms. The molecule has 0 radical (unpaired) electrons. The predicted octanol–water partition coefficient (Wildman–Crippen LogP) is 0.615. The molecule has 12 heavy (non-hydrogen) atoms. The molecule has 0 N–H and O–H groups in total. The number of hydrogen-bond acceptors (Lipinski definition) is 2. The van der Waals surface area contributed by atoms with Gasteiger partial charge in [0, 0.05) is 28.2 Å². The van der Waals surface area contributed by atoms with E-state index in [1.807, 2.05) is 0 Å². The van der Waals surface area contributed by atoms with Gasteiger partial charge in [-0.1, -0.05) is 0 Å². The normalized spacial score (nSPS) is 10.9. The minimum absolute atomic E-state index is 0.839. The molecular weight excluding hydrogens is 150 g/mol.